The van der Waals surface area contributed by atoms with Crippen molar-refractivity contribution < 1.29 is 4.79 Å². The van der Waals surface area contributed by atoms with Gasteiger partial charge in [-0.15, -0.1) is 0 Å². The van der Waals surface area contributed by atoms with E-state index >= 15 is 0 Å². The van der Waals surface area contributed by atoms with Crippen LogP contribution in [-0.4, -0.2) is 22.7 Å². The maximum Gasteiger partial charge on any atom is 0.276 e. The van der Waals surface area contributed by atoms with E-state index in [1.807, 2.05) is 0 Å². The summed E-state index contributed by atoms with van der Waals surface area (Å²) in [4.78, 5) is 13.7. The number of anilines is 2. The van der Waals surface area contributed by atoms with Crippen molar-refractivity contribution in [3.8, 4) is 0 Å². The van der Waals surface area contributed by atoms with Gasteiger partial charge in [-0.3, -0.25) is 9.48 Å². The van der Waals surface area contributed by atoms with Crippen LogP contribution in [0.15, 0.2) is 30.5 Å². The maximum absolute atomic E-state index is 12.3. The zero-order valence-corrected chi connectivity index (χ0v) is 10.8. The van der Waals surface area contributed by atoms with Crippen LogP contribution in [0.3, 0.4) is 0 Å². The van der Waals surface area contributed by atoms with Gasteiger partial charge in [-0.2, -0.15) is 5.10 Å². The Morgan fingerprint density at radius 2 is 2.17 bits per heavy atom. The van der Waals surface area contributed by atoms with E-state index in [0.717, 1.165) is 0 Å². The van der Waals surface area contributed by atoms with Crippen molar-refractivity contribution in [2.45, 2.75) is 0 Å². The number of nitrogens with zero attached hydrogens (tertiary/aromatic N) is 3. The van der Waals surface area contributed by atoms with Gasteiger partial charge in [0.2, 0.25) is 0 Å². The molecular weight excluding hydrogens is 252 g/mol. The highest BCUT2D eigenvalue weighted by atomic mass is 35.5. The molecule has 0 bridgehead atoms. The van der Waals surface area contributed by atoms with Gasteiger partial charge in [0.25, 0.3) is 5.91 Å². The van der Waals surface area contributed by atoms with E-state index in [9.17, 15) is 4.79 Å². The van der Waals surface area contributed by atoms with Gasteiger partial charge in [-0.1, -0.05) is 11.6 Å². The third-order valence-electron chi connectivity index (χ3n) is 2.70. The average Bonchev–Trinajstić information content (AvgIpc) is 2.77. The second-order valence-corrected chi connectivity index (χ2v) is 4.34. The predicted molar refractivity (Wildman–Crippen MR) is 71.8 cm³/mol. The molecule has 1 heterocycles. The molecule has 0 fully saturated rings. The minimum Gasteiger partial charge on any atom is -0.397 e. The summed E-state index contributed by atoms with van der Waals surface area (Å²) in [6.45, 7) is 0. The molecule has 5 nitrogen and oxygen atoms in total. The van der Waals surface area contributed by atoms with Gasteiger partial charge < -0.3 is 10.6 Å². The number of rotatable bonds is 2. The van der Waals surface area contributed by atoms with Gasteiger partial charge in [0, 0.05) is 25.3 Å². The monoisotopic (exact) mass is 264 g/mol. The van der Waals surface area contributed by atoms with Crippen LogP contribution >= 0.6 is 11.6 Å². The third kappa shape index (κ3) is 2.17. The minimum atomic E-state index is -0.191. The summed E-state index contributed by atoms with van der Waals surface area (Å²) in [5.74, 6) is -0.191. The zero-order chi connectivity index (χ0) is 13.3. The van der Waals surface area contributed by atoms with Crippen molar-refractivity contribution in [2.24, 2.45) is 7.05 Å². The Bertz CT molecular complexity index is 594. The van der Waals surface area contributed by atoms with Gasteiger partial charge >= 0.3 is 0 Å². The Balaban J connectivity index is 2.37. The van der Waals surface area contributed by atoms with E-state index in [2.05, 4.69) is 5.10 Å². The molecule has 0 atom stereocenters. The lowest BCUT2D eigenvalue weighted by Gasteiger charge is -2.19. The lowest BCUT2D eigenvalue weighted by atomic mass is 10.2. The Morgan fingerprint density at radius 3 is 2.78 bits per heavy atom. The van der Waals surface area contributed by atoms with E-state index in [1.54, 1.807) is 44.6 Å². The van der Waals surface area contributed by atoms with Crippen LogP contribution in [0.1, 0.15) is 10.5 Å². The van der Waals surface area contributed by atoms with Crippen LogP contribution < -0.4 is 10.6 Å². The molecule has 0 aliphatic rings. The second-order valence-electron chi connectivity index (χ2n) is 3.91. The summed E-state index contributed by atoms with van der Waals surface area (Å²) >= 11 is 5.91. The standard InChI is InChI=1S/C12H13ClN4O/c1-16(11-7-8(13)3-4-9(11)14)12(18)10-5-6-15-17(10)2/h3-7H,14H2,1-2H3. The number of benzene rings is 1. The van der Waals surface area contributed by atoms with Crippen LogP contribution in [0.25, 0.3) is 0 Å². The summed E-state index contributed by atoms with van der Waals surface area (Å²) in [6.07, 6.45) is 1.57. The van der Waals surface area contributed by atoms with Gasteiger partial charge in [0.1, 0.15) is 5.69 Å². The molecule has 2 rings (SSSR count). The number of hydrogen-bond donors (Lipinski definition) is 1. The lowest BCUT2D eigenvalue weighted by Crippen LogP contribution is -2.28. The summed E-state index contributed by atoms with van der Waals surface area (Å²) < 4.78 is 1.51. The van der Waals surface area contributed by atoms with Crippen LogP contribution in [0.5, 0.6) is 0 Å². The van der Waals surface area contributed by atoms with Gasteiger partial charge in [0.05, 0.1) is 11.4 Å². The molecule has 0 spiro atoms. The molecule has 2 N–H and O–H groups in total. The SMILES string of the molecule is CN(C(=O)c1ccnn1C)c1cc(Cl)ccc1N. The van der Waals surface area contributed by atoms with E-state index < -0.39 is 0 Å². The molecule has 0 aliphatic heterocycles. The number of amides is 1. The number of carbonyl (C=O) groups is 1. The summed E-state index contributed by atoms with van der Waals surface area (Å²) in [6, 6.07) is 6.66. The van der Waals surface area contributed by atoms with Crippen LogP contribution in [0, 0.1) is 0 Å². The number of nitrogens with two attached hydrogens (primary N) is 1. The van der Waals surface area contributed by atoms with Crippen molar-refractivity contribution in [1.29, 1.82) is 0 Å². The predicted octanol–water partition coefficient (Wildman–Crippen LogP) is 1.93. The zero-order valence-electron chi connectivity index (χ0n) is 10.1. The highest BCUT2D eigenvalue weighted by molar-refractivity contribution is 6.31. The molecule has 18 heavy (non-hydrogen) atoms. The quantitative estimate of drug-likeness (QED) is 0.843. The Labute approximate surface area is 110 Å². The Kier molecular flexibility index (Phi) is 3.25. The molecular formula is C12H13ClN4O. The van der Waals surface area contributed by atoms with Crippen LogP contribution in [0.4, 0.5) is 11.4 Å². The molecule has 0 aliphatic carbocycles. The van der Waals surface area contributed by atoms with Crippen molar-refractivity contribution in [3.63, 3.8) is 0 Å². The van der Waals surface area contributed by atoms with Gasteiger partial charge in [-0.25, -0.2) is 0 Å². The molecule has 1 amide bonds. The van der Waals surface area contributed by atoms with Crippen molar-refractivity contribution in [1.82, 2.24) is 9.78 Å². The van der Waals surface area contributed by atoms with Crippen LogP contribution in [-0.2, 0) is 7.05 Å². The van der Waals surface area contributed by atoms with E-state index in [0.29, 0.717) is 22.1 Å². The van der Waals surface area contributed by atoms with E-state index in [4.69, 9.17) is 17.3 Å². The fourth-order valence-corrected chi connectivity index (χ4v) is 1.84. The fourth-order valence-electron chi connectivity index (χ4n) is 1.67. The minimum absolute atomic E-state index is 0.191. The van der Waals surface area contributed by atoms with Crippen molar-refractivity contribution in [2.75, 3.05) is 17.7 Å². The highest BCUT2D eigenvalue weighted by Gasteiger charge is 2.18. The molecule has 2 aromatic rings. The molecule has 94 valence electrons. The van der Waals surface area contributed by atoms with Crippen molar-refractivity contribution >= 4 is 28.9 Å². The number of carbonyl (C=O) groups excluding carboxylic acids is 1. The van der Waals surface area contributed by atoms with Crippen molar-refractivity contribution in [3.05, 3.63) is 41.2 Å². The smallest absolute Gasteiger partial charge is 0.276 e. The maximum atomic E-state index is 12.3. The second kappa shape index (κ2) is 4.70. The average molecular weight is 265 g/mol. The highest BCUT2D eigenvalue weighted by Crippen LogP contribution is 2.26. The van der Waals surface area contributed by atoms with Gasteiger partial charge in [-0.05, 0) is 24.3 Å². The molecule has 0 saturated heterocycles. The topological polar surface area (TPSA) is 64.2 Å². The molecule has 1 aromatic heterocycles. The Morgan fingerprint density at radius 1 is 1.44 bits per heavy atom. The van der Waals surface area contributed by atoms with E-state index in [-0.39, 0.29) is 5.91 Å². The first kappa shape index (κ1) is 12.4. The number of nitrogen functional groups attached to an aromatic ring is 1. The summed E-state index contributed by atoms with van der Waals surface area (Å²) in [7, 11) is 3.36. The normalized spacial score (nSPS) is 10.4. The fraction of sp³-hybridized carbons (Fsp3) is 0.167. The molecule has 6 heteroatoms. The first-order valence-corrected chi connectivity index (χ1v) is 5.69. The number of hydrogen-bond acceptors (Lipinski definition) is 3. The van der Waals surface area contributed by atoms with Crippen LogP contribution in [0.2, 0.25) is 5.02 Å². The summed E-state index contributed by atoms with van der Waals surface area (Å²) in [5.41, 5.74) is 7.40. The molecule has 0 radical (unpaired) electrons. The Hall–Kier alpha value is -2.01. The molecule has 1 aromatic carbocycles. The largest absolute Gasteiger partial charge is 0.397 e. The number of halogens is 1. The first-order chi connectivity index (χ1) is 8.50. The lowest BCUT2D eigenvalue weighted by molar-refractivity contribution is 0.0984. The third-order valence-corrected chi connectivity index (χ3v) is 2.93. The number of aromatic nitrogens is 2. The molecule has 0 saturated carbocycles. The van der Waals surface area contributed by atoms with Gasteiger partial charge in [0.15, 0.2) is 0 Å². The number of aryl methyl sites for hydroxylation is 1. The molecule has 0 unspecified atom stereocenters. The van der Waals surface area contributed by atoms with E-state index in [1.165, 1.54) is 9.58 Å². The first-order valence-electron chi connectivity index (χ1n) is 5.32. The summed E-state index contributed by atoms with van der Waals surface area (Å²) in [5, 5.41) is 4.50.